The highest BCUT2D eigenvalue weighted by atomic mass is 35.5. The molecule has 0 bridgehead atoms. The Balaban J connectivity index is 0.00000432. The van der Waals surface area contributed by atoms with Crippen LogP contribution in [0.2, 0.25) is 0 Å². The van der Waals surface area contributed by atoms with Gasteiger partial charge < -0.3 is 15.7 Å². The molecule has 190 valence electrons. The van der Waals surface area contributed by atoms with Gasteiger partial charge in [-0.3, -0.25) is 9.59 Å². The van der Waals surface area contributed by atoms with Crippen LogP contribution < -0.4 is 10.6 Å². The first-order valence-electron chi connectivity index (χ1n) is 11.6. The lowest BCUT2D eigenvalue weighted by atomic mass is 9.93. The maximum Gasteiger partial charge on any atom is 0.326 e. The van der Waals surface area contributed by atoms with Gasteiger partial charge in [0.25, 0.3) is 0 Å². The Labute approximate surface area is 217 Å². The molecule has 0 aliphatic heterocycles. The number of amides is 2. The summed E-state index contributed by atoms with van der Waals surface area (Å²) in [6, 6.07) is 6.28. The van der Waals surface area contributed by atoms with Gasteiger partial charge >= 0.3 is 5.97 Å². The summed E-state index contributed by atoms with van der Waals surface area (Å²) in [7, 11) is 0. The molecule has 1 heterocycles. The predicted octanol–water partition coefficient (Wildman–Crippen LogP) is 3.45. The van der Waals surface area contributed by atoms with Gasteiger partial charge in [-0.1, -0.05) is 57.4 Å². The number of thiol groups is 1. The van der Waals surface area contributed by atoms with E-state index in [2.05, 4.69) is 33.2 Å². The third-order valence-corrected chi connectivity index (χ3v) is 7.34. The molecule has 3 N–H and O–H groups in total. The topological polar surface area (TPSA) is 121 Å². The van der Waals surface area contributed by atoms with E-state index in [0.29, 0.717) is 12.8 Å². The zero-order chi connectivity index (χ0) is 24.7. The largest absolute Gasteiger partial charge is 0.480 e. The third kappa shape index (κ3) is 7.18. The number of carboxylic acids is 1. The number of carbonyl (C=O) groups excluding carboxylic acids is 2. The molecule has 0 saturated heterocycles. The van der Waals surface area contributed by atoms with Gasteiger partial charge in [-0.25, -0.2) is 14.8 Å². The van der Waals surface area contributed by atoms with E-state index in [-0.39, 0.29) is 30.7 Å². The van der Waals surface area contributed by atoms with Crippen LogP contribution in [0.3, 0.4) is 0 Å². The van der Waals surface area contributed by atoms with E-state index in [1.807, 2.05) is 38.1 Å². The first kappa shape index (κ1) is 28.6. The number of carboxylic acid groups (broad SMARTS) is 1. The minimum absolute atomic E-state index is 0. The van der Waals surface area contributed by atoms with Gasteiger partial charge in [0.2, 0.25) is 11.8 Å². The highest BCUT2D eigenvalue weighted by molar-refractivity contribution is 7.81. The van der Waals surface area contributed by atoms with Crippen LogP contribution in [-0.4, -0.2) is 49.7 Å². The van der Waals surface area contributed by atoms with Gasteiger partial charge in [0, 0.05) is 24.4 Å². The van der Waals surface area contributed by atoms with Crippen molar-refractivity contribution < 1.29 is 19.5 Å². The summed E-state index contributed by atoms with van der Waals surface area (Å²) < 4.78 is 0. The summed E-state index contributed by atoms with van der Waals surface area (Å²) in [6.45, 7) is 3.92. The minimum Gasteiger partial charge on any atom is -0.480 e. The summed E-state index contributed by atoms with van der Waals surface area (Å²) >= 11 is 4.44. The van der Waals surface area contributed by atoms with Crippen LogP contribution in [0.25, 0.3) is 11.1 Å². The number of benzene rings is 1. The highest BCUT2D eigenvalue weighted by Gasteiger charge is 2.44. The van der Waals surface area contributed by atoms with Gasteiger partial charge in [-0.15, -0.1) is 12.4 Å². The Kier molecular flexibility index (Phi) is 10.5. The van der Waals surface area contributed by atoms with E-state index < -0.39 is 28.7 Å². The number of halogens is 1. The Hall–Kier alpha value is -2.65. The van der Waals surface area contributed by atoms with Crippen molar-refractivity contribution in [1.29, 1.82) is 0 Å². The van der Waals surface area contributed by atoms with Crippen LogP contribution in [0.15, 0.2) is 43.0 Å². The van der Waals surface area contributed by atoms with Crippen molar-refractivity contribution in [1.82, 2.24) is 20.6 Å². The fraction of sp³-hybridized carbons (Fsp3) is 0.480. The molecule has 2 aromatic rings. The molecule has 3 atom stereocenters. The molecule has 8 nitrogen and oxygen atoms in total. The molecule has 1 aliphatic rings. The maximum absolute atomic E-state index is 13.3. The van der Waals surface area contributed by atoms with Crippen LogP contribution in [0.1, 0.15) is 51.5 Å². The van der Waals surface area contributed by atoms with Crippen molar-refractivity contribution in [3.63, 3.8) is 0 Å². The molecule has 1 aliphatic carbocycles. The SMILES string of the molecule is CC[C@@H](C)[C@H](S)C(=O)NC1(C(=O)NC(Cc2ccc(-c3cncnc3)cc2)C(=O)O)CCCC1.Cl. The van der Waals surface area contributed by atoms with Crippen molar-refractivity contribution in [2.24, 2.45) is 5.92 Å². The van der Waals surface area contributed by atoms with Crippen LogP contribution in [0.4, 0.5) is 0 Å². The Bertz CT molecular complexity index is 1000. The summed E-state index contributed by atoms with van der Waals surface area (Å²) in [5.41, 5.74) is 1.44. The average molecular weight is 521 g/mol. The average Bonchev–Trinajstić information content (AvgIpc) is 3.33. The Morgan fingerprint density at radius 3 is 2.23 bits per heavy atom. The number of carbonyl (C=O) groups is 3. The smallest absolute Gasteiger partial charge is 0.326 e. The molecule has 3 rings (SSSR count). The maximum atomic E-state index is 13.3. The number of hydrogen-bond acceptors (Lipinski definition) is 6. The lowest BCUT2D eigenvalue weighted by Gasteiger charge is -2.32. The van der Waals surface area contributed by atoms with Gasteiger partial charge in [0.05, 0.1) is 5.25 Å². The summed E-state index contributed by atoms with van der Waals surface area (Å²) in [5.74, 6) is -1.81. The van der Waals surface area contributed by atoms with Gasteiger partial charge in [-0.05, 0) is 29.9 Å². The fourth-order valence-corrected chi connectivity index (χ4v) is 4.47. The van der Waals surface area contributed by atoms with E-state index in [1.54, 1.807) is 12.4 Å². The van der Waals surface area contributed by atoms with Crippen molar-refractivity contribution in [3.8, 4) is 11.1 Å². The predicted molar refractivity (Wildman–Crippen MR) is 140 cm³/mol. The number of nitrogens with one attached hydrogen (secondary N) is 2. The molecule has 0 radical (unpaired) electrons. The molecule has 1 saturated carbocycles. The molecule has 1 aromatic carbocycles. The molecule has 10 heteroatoms. The zero-order valence-corrected chi connectivity index (χ0v) is 21.6. The zero-order valence-electron chi connectivity index (χ0n) is 19.9. The normalized spacial score (nSPS) is 16.9. The third-order valence-electron chi connectivity index (χ3n) is 6.60. The van der Waals surface area contributed by atoms with Crippen molar-refractivity contribution in [3.05, 3.63) is 48.5 Å². The molecule has 1 fully saturated rings. The first-order valence-corrected chi connectivity index (χ1v) is 12.2. The molecule has 35 heavy (non-hydrogen) atoms. The second-order valence-electron chi connectivity index (χ2n) is 9.00. The van der Waals surface area contributed by atoms with E-state index in [9.17, 15) is 19.5 Å². The quantitative estimate of drug-likeness (QED) is 0.356. The van der Waals surface area contributed by atoms with Crippen molar-refractivity contribution in [2.75, 3.05) is 0 Å². The lowest BCUT2D eigenvalue weighted by Crippen LogP contribution is -2.61. The highest BCUT2D eigenvalue weighted by Crippen LogP contribution is 2.31. The summed E-state index contributed by atoms with van der Waals surface area (Å²) in [4.78, 5) is 46.0. The summed E-state index contributed by atoms with van der Waals surface area (Å²) in [6.07, 6.45) is 8.31. The van der Waals surface area contributed by atoms with E-state index in [0.717, 1.165) is 36.0 Å². The number of hydrogen-bond donors (Lipinski definition) is 4. The number of nitrogens with zero attached hydrogens (tertiary/aromatic N) is 2. The van der Waals surface area contributed by atoms with Crippen LogP contribution in [-0.2, 0) is 20.8 Å². The second-order valence-corrected chi connectivity index (χ2v) is 9.56. The second kappa shape index (κ2) is 12.9. The molecular formula is C25H33ClN4O4S. The lowest BCUT2D eigenvalue weighted by molar-refractivity contribution is -0.143. The van der Waals surface area contributed by atoms with Gasteiger partial charge in [-0.2, -0.15) is 12.6 Å². The number of aromatic nitrogens is 2. The van der Waals surface area contributed by atoms with Crippen molar-refractivity contribution >= 4 is 42.8 Å². The Morgan fingerprint density at radius 1 is 1.09 bits per heavy atom. The summed E-state index contributed by atoms with van der Waals surface area (Å²) in [5, 5.41) is 14.9. The molecule has 1 aromatic heterocycles. The standard InChI is InChI=1S/C25H32N4O4S.ClH/c1-3-16(2)21(34)22(30)29-25(10-4-5-11-25)24(33)28-20(23(31)32)12-17-6-8-18(9-7-17)19-13-26-15-27-14-19;/h6-9,13-16,20-21,34H,3-5,10-12H2,1-2H3,(H,28,33)(H,29,30)(H,31,32);1H/t16-,20?,21+;/m1./s1. The molecule has 2 amide bonds. The van der Waals surface area contributed by atoms with Gasteiger partial charge in [0.1, 0.15) is 17.9 Å². The van der Waals surface area contributed by atoms with E-state index >= 15 is 0 Å². The monoisotopic (exact) mass is 520 g/mol. The number of aliphatic carboxylic acids is 1. The molecule has 0 spiro atoms. The van der Waals surface area contributed by atoms with Gasteiger partial charge in [0.15, 0.2) is 0 Å². The van der Waals surface area contributed by atoms with E-state index in [4.69, 9.17) is 0 Å². The first-order chi connectivity index (χ1) is 16.3. The van der Waals surface area contributed by atoms with Crippen LogP contribution >= 0.6 is 25.0 Å². The minimum atomic E-state index is -1.12. The van der Waals surface area contributed by atoms with Crippen molar-refractivity contribution in [2.45, 2.75) is 69.2 Å². The van der Waals surface area contributed by atoms with Crippen LogP contribution in [0, 0.1) is 5.92 Å². The Morgan fingerprint density at radius 2 is 1.69 bits per heavy atom. The fourth-order valence-electron chi connectivity index (χ4n) is 4.19. The molecule has 1 unspecified atom stereocenters. The number of rotatable bonds is 10. The van der Waals surface area contributed by atoms with E-state index in [1.165, 1.54) is 6.33 Å². The van der Waals surface area contributed by atoms with Crippen LogP contribution in [0.5, 0.6) is 0 Å². The molecular weight excluding hydrogens is 488 g/mol.